The molecule has 0 amide bonds. The van der Waals surface area contributed by atoms with Crippen molar-refractivity contribution >= 4 is 32.0 Å². The van der Waals surface area contributed by atoms with Gasteiger partial charge in [0.25, 0.3) is 5.56 Å². The number of benzene rings is 2. The lowest BCUT2D eigenvalue weighted by molar-refractivity contribution is 0.563. The Kier molecular flexibility index (Phi) is 3.75. The van der Waals surface area contributed by atoms with E-state index in [4.69, 9.17) is 9.56 Å². The van der Waals surface area contributed by atoms with Crippen LogP contribution in [-0.4, -0.2) is 18.0 Å². The van der Waals surface area contributed by atoms with E-state index in [1.54, 1.807) is 19.1 Å². The highest BCUT2D eigenvalue weighted by molar-refractivity contribution is 7.89. The number of aromatic nitrogens is 2. The third-order valence-electron chi connectivity index (χ3n) is 5.48. The smallest absolute Gasteiger partial charge is 0.281 e. The standard InChI is InChI=1S/C21H19N3O4S/c1-11-16(13-3-7-15(8-4-13)29(22,26)27)9-10-17-19(11)24(14-5-6-14)21(25)18-20(17)28-12(2)23-18/h3-4,7-10,14H,5-6H2,1-2H3,(H2,22,26,27). The minimum absolute atomic E-state index is 0.0634. The molecule has 1 saturated carbocycles. The highest BCUT2D eigenvalue weighted by atomic mass is 32.2. The van der Waals surface area contributed by atoms with Crippen molar-refractivity contribution in [2.24, 2.45) is 5.14 Å². The maximum atomic E-state index is 13.2. The SMILES string of the molecule is Cc1nc2c(=O)n(C3CC3)c3c(C)c(-c4ccc(S(N)(=O)=O)cc4)ccc3c2o1. The summed E-state index contributed by atoms with van der Waals surface area (Å²) in [5, 5.41) is 6.06. The molecule has 0 spiro atoms. The molecule has 29 heavy (non-hydrogen) atoms. The molecule has 2 aromatic carbocycles. The lowest BCUT2D eigenvalue weighted by Crippen LogP contribution is -2.20. The van der Waals surface area contributed by atoms with Gasteiger partial charge in [0, 0.05) is 18.4 Å². The van der Waals surface area contributed by atoms with Crippen LogP contribution in [0.4, 0.5) is 0 Å². The van der Waals surface area contributed by atoms with Gasteiger partial charge in [-0.15, -0.1) is 0 Å². The normalized spacial score (nSPS) is 14.7. The van der Waals surface area contributed by atoms with Crippen LogP contribution in [-0.2, 0) is 10.0 Å². The molecule has 1 fully saturated rings. The lowest BCUT2D eigenvalue weighted by atomic mass is 9.97. The molecule has 1 aliphatic carbocycles. The number of oxazole rings is 1. The van der Waals surface area contributed by atoms with Crippen molar-refractivity contribution in [1.29, 1.82) is 0 Å². The van der Waals surface area contributed by atoms with Gasteiger partial charge >= 0.3 is 0 Å². The van der Waals surface area contributed by atoms with Crippen LogP contribution in [0.25, 0.3) is 33.1 Å². The van der Waals surface area contributed by atoms with Gasteiger partial charge in [-0.1, -0.05) is 18.2 Å². The Hall–Kier alpha value is -2.97. The van der Waals surface area contributed by atoms with Crippen LogP contribution in [0, 0.1) is 13.8 Å². The average Bonchev–Trinajstić information content (AvgIpc) is 3.42. The van der Waals surface area contributed by atoms with Crippen LogP contribution in [0.3, 0.4) is 0 Å². The van der Waals surface area contributed by atoms with E-state index in [2.05, 4.69) is 4.98 Å². The summed E-state index contributed by atoms with van der Waals surface area (Å²) in [6.45, 7) is 3.71. The number of aryl methyl sites for hydroxylation is 2. The van der Waals surface area contributed by atoms with Crippen LogP contribution < -0.4 is 10.7 Å². The molecule has 4 aromatic rings. The molecule has 0 unspecified atom stereocenters. The van der Waals surface area contributed by atoms with E-state index in [-0.39, 0.29) is 16.5 Å². The predicted molar refractivity (Wildman–Crippen MR) is 110 cm³/mol. The van der Waals surface area contributed by atoms with E-state index in [0.29, 0.717) is 17.0 Å². The zero-order valence-electron chi connectivity index (χ0n) is 16.0. The molecule has 2 heterocycles. The van der Waals surface area contributed by atoms with Crippen molar-refractivity contribution < 1.29 is 12.8 Å². The Morgan fingerprint density at radius 1 is 1.10 bits per heavy atom. The van der Waals surface area contributed by atoms with Gasteiger partial charge < -0.3 is 8.98 Å². The fraction of sp³-hybridized carbons (Fsp3) is 0.238. The highest BCUT2D eigenvalue weighted by Crippen LogP contribution is 2.40. The first kappa shape index (κ1) is 18.1. The summed E-state index contributed by atoms with van der Waals surface area (Å²) in [7, 11) is -3.75. The van der Waals surface area contributed by atoms with E-state index in [1.165, 1.54) is 12.1 Å². The molecular formula is C21H19N3O4S. The Balaban J connectivity index is 1.82. The molecule has 0 saturated heterocycles. The zero-order valence-corrected chi connectivity index (χ0v) is 16.8. The summed E-state index contributed by atoms with van der Waals surface area (Å²) in [5.74, 6) is 0.465. The summed E-state index contributed by atoms with van der Waals surface area (Å²) in [5.41, 5.74) is 4.30. The predicted octanol–water partition coefficient (Wildman–Crippen LogP) is 3.41. The number of sulfonamides is 1. The molecule has 148 valence electrons. The minimum atomic E-state index is -3.75. The number of hydrogen-bond acceptors (Lipinski definition) is 5. The summed E-state index contributed by atoms with van der Waals surface area (Å²) >= 11 is 0. The Morgan fingerprint density at radius 2 is 1.79 bits per heavy atom. The van der Waals surface area contributed by atoms with Crippen LogP contribution >= 0.6 is 0 Å². The summed E-state index contributed by atoms with van der Waals surface area (Å²) in [6, 6.07) is 10.5. The molecule has 8 heteroatoms. The van der Waals surface area contributed by atoms with E-state index in [1.807, 2.05) is 23.6 Å². The Morgan fingerprint density at radius 3 is 2.41 bits per heavy atom. The zero-order chi connectivity index (χ0) is 20.5. The average molecular weight is 409 g/mol. The highest BCUT2D eigenvalue weighted by Gasteiger charge is 2.30. The number of nitrogens with zero attached hydrogens (tertiary/aromatic N) is 2. The summed E-state index contributed by atoms with van der Waals surface area (Å²) in [6.07, 6.45) is 1.92. The van der Waals surface area contributed by atoms with E-state index < -0.39 is 10.0 Å². The van der Waals surface area contributed by atoms with E-state index in [0.717, 1.165) is 40.4 Å². The van der Waals surface area contributed by atoms with Crippen molar-refractivity contribution in [3.05, 3.63) is 58.2 Å². The van der Waals surface area contributed by atoms with E-state index >= 15 is 0 Å². The van der Waals surface area contributed by atoms with Gasteiger partial charge in [-0.2, -0.15) is 0 Å². The Bertz CT molecular complexity index is 1460. The van der Waals surface area contributed by atoms with Gasteiger partial charge in [-0.25, -0.2) is 18.5 Å². The lowest BCUT2D eigenvalue weighted by Gasteiger charge is -2.15. The van der Waals surface area contributed by atoms with Crippen molar-refractivity contribution in [3.63, 3.8) is 0 Å². The van der Waals surface area contributed by atoms with Crippen LogP contribution in [0.15, 0.2) is 50.5 Å². The number of pyridine rings is 1. The molecule has 0 atom stereocenters. The third kappa shape index (κ3) is 2.79. The van der Waals surface area contributed by atoms with Crippen molar-refractivity contribution in [1.82, 2.24) is 9.55 Å². The fourth-order valence-corrected chi connectivity index (χ4v) is 4.50. The van der Waals surface area contributed by atoms with Gasteiger partial charge in [0.1, 0.15) is 0 Å². The van der Waals surface area contributed by atoms with Crippen molar-refractivity contribution in [2.75, 3.05) is 0 Å². The molecule has 0 radical (unpaired) electrons. The first-order chi connectivity index (χ1) is 13.8. The number of fused-ring (bicyclic) bond motifs is 3. The molecule has 0 bridgehead atoms. The number of primary sulfonamides is 1. The quantitative estimate of drug-likeness (QED) is 0.558. The van der Waals surface area contributed by atoms with Crippen LogP contribution in [0.2, 0.25) is 0 Å². The number of nitrogens with two attached hydrogens (primary N) is 1. The molecule has 2 N–H and O–H groups in total. The van der Waals surface area contributed by atoms with Crippen LogP contribution in [0.5, 0.6) is 0 Å². The molecule has 0 aliphatic heterocycles. The second-order valence-electron chi connectivity index (χ2n) is 7.52. The van der Waals surface area contributed by atoms with Gasteiger partial charge in [0.05, 0.1) is 10.4 Å². The first-order valence-corrected chi connectivity index (χ1v) is 10.9. The molecule has 2 aromatic heterocycles. The van der Waals surface area contributed by atoms with Crippen molar-refractivity contribution in [3.8, 4) is 11.1 Å². The largest absolute Gasteiger partial charge is 0.440 e. The van der Waals surface area contributed by atoms with Crippen molar-refractivity contribution in [2.45, 2.75) is 37.6 Å². The van der Waals surface area contributed by atoms with Gasteiger partial charge in [0.2, 0.25) is 10.0 Å². The topological polar surface area (TPSA) is 108 Å². The van der Waals surface area contributed by atoms with Gasteiger partial charge in [-0.05, 0) is 54.7 Å². The van der Waals surface area contributed by atoms with Gasteiger partial charge in [-0.3, -0.25) is 4.79 Å². The van der Waals surface area contributed by atoms with Gasteiger partial charge in [0.15, 0.2) is 17.0 Å². The molecule has 5 rings (SSSR count). The molecule has 1 aliphatic rings. The Labute approximate surface area is 166 Å². The maximum Gasteiger partial charge on any atom is 0.281 e. The molecular weight excluding hydrogens is 390 g/mol. The summed E-state index contributed by atoms with van der Waals surface area (Å²) < 4.78 is 30.7. The van der Waals surface area contributed by atoms with E-state index in [9.17, 15) is 13.2 Å². The third-order valence-corrected chi connectivity index (χ3v) is 6.41. The second-order valence-corrected chi connectivity index (χ2v) is 9.08. The fourth-order valence-electron chi connectivity index (χ4n) is 3.98. The second kappa shape index (κ2) is 6.01. The monoisotopic (exact) mass is 409 g/mol. The number of hydrogen-bond donors (Lipinski definition) is 1. The minimum Gasteiger partial charge on any atom is -0.440 e. The first-order valence-electron chi connectivity index (χ1n) is 9.34. The molecule has 7 nitrogen and oxygen atoms in total. The summed E-state index contributed by atoms with van der Waals surface area (Å²) in [4.78, 5) is 17.5. The number of rotatable bonds is 3. The maximum absolute atomic E-state index is 13.2. The van der Waals surface area contributed by atoms with Crippen LogP contribution in [0.1, 0.15) is 30.3 Å².